The molecule has 4 aromatic rings. The third kappa shape index (κ3) is 3.10. The largest absolute Gasteiger partial charge is 0.454 e. The zero-order chi connectivity index (χ0) is 27.2. The van der Waals surface area contributed by atoms with Gasteiger partial charge in [-0.15, -0.1) is 0 Å². The Morgan fingerprint density at radius 3 is 2.73 bits per heavy atom. The Morgan fingerprint density at radius 2 is 1.82 bits per heavy atom. The summed E-state index contributed by atoms with van der Waals surface area (Å²) in [5, 5.41) is 7.81. The molecule has 5 heterocycles. The van der Waals surface area contributed by atoms with Crippen LogP contribution in [-0.2, 0) is 32.9 Å². The van der Waals surface area contributed by atoms with Crippen LogP contribution in [0.25, 0.3) is 10.9 Å². The summed E-state index contributed by atoms with van der Waals surface area (Å²) in [7, 11) is 0. The second-order valence-electron chi connectivity index (χ2n) is 10.7. The first-order valence-electron chi connectivity index (χ1n) is 13.1. The molecule has 0 radical (unpaired) electrons. The summed E-state index contributed by atoms with van der Waals surface area (Å²) in [6.07, 6.45) is 2.38. The fourth-order valence-electron chi connectivity index (χ4n) is 6.94. The third-order valence-electron chi connectivity index (χ3n) is 8.68. The van der Waals surface area contributed by atoms with Crippen LogP contribution in [0.3, 0.4) is 0 Å². The van der Waals surface area contributed by atoms with Crippen LogP contribution >= 0.6 is 11.6 Å². The fourth-order valence-corrected chi connectivity index (χ4v) is 7.16. The number of anilines is 1. The zero-order valence-corrected chi connectivity index (χ0v) is 21.8. The normalized spacial score (nSPS) is 26.2. The van der Waals surface area contributed by atoms with Crippen molar-refractivity contribution in [2.24, 2.45) is 11.8 Å². The Morgan fingerprint density at radius 1 is 0.975 bits per heavy atom. The molecule has 10 heteroatoms. The number of amides is 3. The molecule has 3 aromatic carbocycles. The van der Waals surface area contributed by atoms with E-state index in [-0.39, 0.29) is 31.1 Å². The molecule has 8 rings (SSSR count). The molecule has 40 heavy (non-hydrogen) atoms. The van der Waals surface area contributed by atoms with Gasteiger partial charge in [-0.25, -0.2) is 0 Å². The summed E-state index contributed by atoms with van der Waals surface area (Å²) in [5.74, 6) is -1.54. The third-order valence-corrected chi connectivity index (χ3v) is 9.00. The molecular formula is C30H23ClN4O5. The molecule has 3 N–H and O–H groups in total. The molecule has 4 atom stereocenters. The van der Waals surface area contributed by atoms with E-state index < -0.39 is 23.4 Å². The van der Waals surface area contributed by atoms with Gasteiger partial charge >= 0.3 is 0 Å². The van der Waals surface area contributed by atoms with Crippen molar-refractivity contribution in [3.05, 3.63) is 88.6 Å². The van der Waals surface area contributed by atoms with Crippen molar-refractivity contribution in [2.75, 3.05) is 12.1 Å². The molecule has 2 saturated heterocycles. The highest BCUT2D eigenvalue weighted by Gasteiger charge is 2.70. The summed E-state index contributed by atoms with van der Waals surface area (Å²) in [4.78, 5) is 46.7. The Bertz CT molecular complexity index is 1770. The minimum Gasteiger partial charge on any atom is -0.454 e. The number of halogens is 1. The van der Waals surface area contributed by atoms with Gasteiger partial charge in [0.15, 0.2) is 11.5 Å². The van der Waals surface area contributed by atoms with Crippen molar-refractivity contribution in [3.8, 4) is 11.5 Å². The highest BCUT2D eigenvalue weighted by atomic mass is 35.5. The molecule has 4 aliphatic rings. The van der Waals surface area contributed by atoms with Gasteiger partial charge in [0.25, 0.3) is 0 Å². The molecule has 2 fully saturated rings. The first-order valence-corrected chi connectivity index (χ1v) is 13.5. The number of imide groups is 1. The number of nitrogens with one attached hydrogen (secondary N) is 3. The summed E-state index contributed by atoms with van der Waals surface area (Å²) in [5.41, 5.74) is 2.37. The Labute approximate surface area is 233 Å². The number of carbonyl (C=O) groups excluding carboxylic acids is 3. The topological polar surface area (TPSA) is 113 Å². The molecule has 0 bridgehead atoms. The number of carbonyl (C=O) groups is 3. The maximum atomic E-state index is 14.2. The number of likely N-dealkylation sites (tertiary alicyclic amines) is 1. The maximum absolute atomic E-state index is 14.2. The highest BCUT2D eigenvalue weighted by molar-refractivity contribution is 6.35. The second-order valence-corrected chi connectivity index (χ2v) is 11.1. The fraction of sp³-hybridized carbons (Fsp3) is 0.233. The van der Waals surface area contributed by atoms with Crippen molar-refractivity contribution in [1.29, 1.82) is 0 Å². The number of aromatic amines is 1. The number of hydrogen-bond acceptors (Lipinski definition) is 6. The van der Waals surface area contributed by atoms with Gasteiger partial charge in [-0.05, 0) is 41.8 Å². The van der Waals surface area contributed by atoms with E-state index >= 15 is 0 Å². The van der Waals surface area contributed by atoms with Gasteiger partial charge in [-0.3, -0.25) is 24.6 Å². The van der Waals surface area contributed by atoms with E-state index in [1.165, 1.54) is 4.90 Å². The van der Waals surface area contributed by atoms with Gasteiger partial charge in [0.05, 0.1) is 29.1 Å². The van der Waals surface area contributed by atoms with E-state index in [1.54, 1.807) is 30.3 Å². The Hall–Kier alpha value is -4.34. The maximum Gasteiger partial charge on any atom is 0.250 e. The number of benzene rings is 3. The average molecular weight is 555 g/mol. The number of rotatable bonds is 4. The van der Waals surface area contributed by atoms with Crippen molar-refractivity contribution in [2.45, 2.75) is 24.5 Å². The first-order chi connectivity index (χ1) is 19.5. The zero-order valence-electron chi connectivity index (χ0n) is 21.1. The summed E-state index contributed by atoms with van der Waals surface area (Å²) >= 11 is 6.47. The standard InChI is InChI=1S/C30H23ClN4O5/c31-19-6-3-5-18-26(19)33-29(38)30(18)25-24(21(34-30)11-16-12-32-20-7-2-1-4-17(16)20)27(36)35(28(25)37)13-15-8-9-22-23(10-15)40-14-39-22/h1-10,12,21,24-25,32,34H,11,13-14H2,(H,33,38)/t21-,24+,25+,30-/m0/s1. The lowest BCUT2D eigenvalue weighted by Crippen LogP contribution is -2.53. The number of ether oxygens (including phenoxy) is 2. The van der Waals surface area contributed by atoms with Crippen molar-refractivity contribution in [3.63, 3.8) is 0 Å². The Kier molecular flexibility index (Phi) is 4.90. The quantitative estimate of drug-likeness (QED) is 0.332. The van der Waals surface area contributed by atoms with E-state index in [0.717, 1.165) is 22.0 Å². The summed E-state index contributed by atoms with van der Waals surface area (Å²) in [6, 6.07) is 18.1. The highest BCUT2D eigenvalue weighted by Crippen LogP contribution is 2.54. The minimum atomic E-state index is -1.42. The molecule has 0 unspecified atom stereocenters. The van der Waals surface area contributed by atoms with Gasteiger partial charge in [-0.1, -0.05) is 48.0 Å². The molecule has 9 nitrogen and oxygen atoms in total. The molecule has 200 valence electrons. The van der Waals surface area contributed by atoms with E-state index in [0.29, 0.717) is 34.2 Å². The van der Waals surface area contributed by atoms with Crippen molar-refractivity contribution >= 4 is 45.9 Å². The van der Waals surface area contributed by atoms with Crippen LogP contribution in [-0.4, -0.2) is 40.4 Å². The number of fused-ring (bicyclic) bond motifs is 6. The minimum absolute atomic E-state index is 0.0706. The Balaban J connectivity index is 1.22. The second kappa shape index (κ2) is 8.33. The monoisotopic (exact) mass is 554 g/mol. The van der Waals surface area contributed by atoms with Gasteiger partial charge in [0.2, 0.25) is 24.5 Å². The van der Waals surface area contributed by atoms with Gasteiger partial charge in [-0.2, -0.15) is 0 Å². The van der Waals surface area contributed by atoms with E-state index in [2.05, 4.69) is 15.6 Å². The number of aromatic nitrogens is 1. The summed E-state index contributed by atoms with van der Waals surface area (Å²) in [6.45, 7) is 0.201. The summed E-state index contributed by atoms with van der Waals surface area (Å²) < 4.78 is 10.9. The first kappa shape index (κ1) is 23.5. The van der Waals surface area contributed by atoms with E-state index in [9.17, 15) is 14.4 Å². The van der Waals surface area contributed by atoms with Crippen LogP contribution in [0.2, 0.25) is 5.02 Å². The molecule has 1 aromatic heterocycles. The van der Waals surface area contributed by atoms with Crippen LogP contribution in [0, 0.1) is 11.8 Å². The SMILES string of the molecule is O=C1[C@@H]2[C@H](Cc3c[nH]c4ccccc34)N[C@]3(C(=O)Nc4c(Cl)cccc43)[C@H]2C(=O)N1Cc1ccc2c(c1)OCO2. The van der Waals surface area contributed by atoms with E-state index in [1.807, 2.05) is 36.5 Å². The van der Waals surface area contributed by atoms with Crippen LogP contribution in [0.4, 0.5) is 5.69 Å². The predicted molar refractivity (Wildman–Crippen MR) is 146 cm³/mol. The number of nitrogens with zero attached hydrogens (tertiary/aromatic N) is 1. The lowest BCUT2D eigenvalue weighted by molar-refractivity contribution is -0.143. The predicted octanol–water partition coefficient (Wildman–Crippen LogP) is 3.71. The van der Waals surface area contributed by atoms with Crippen molar-refractivity contribution in [1.82, 2.24) is 15.2 Å². The average Bonchev–Trinajstić information content (AvgIpc) is 3.75. The van der Waals surface area contributed by atoms with Crippen LogP contribution in [0.1, 0.15) is 16.7 Å². The molecular weight excluding hydrogens is 532 g/mol. The molecule has 1 spiro atoms. The van der Waals surface area contributed by atoms with Crippen LogP contribution in [0.15, 0.2) is 66.9 Å². The molecule has 0 saturated carbocycles. The molecule has 3 amide bonds. The molecule has 0 aliphatic carbocycles. The number of H-pyrrole nitrogens is 1. The smallest absolute Gasteiger partial charge is 0.250 e. The van der Waals surface area contributed by atoms with Gasteiger partial charge < -0.3 is 19.8 Å². The van der Waals surface area contributed by atoms with E-state index in [4.69, 9.17) is 21.1 Å². The van der Waals surface area contributed by atoms with Crippen LogP contribution in [0.5, 0.6) is 11.5 Å². The lowest BCUT2D eigenvalue weighted by Gasteiger charge is -2.29. The van der Waals surface area contributed by atoms with Gasteiger partial charge in [0.1, 0.15) is 5.54 Å². The molecule has 4 aliphatic heterocycles. The van der Waals surface area contributed by atoms with Crippen LogP contribution < -0.4 is 20.1 Å². The number of para-hydroxylation sites is 2. The van der Waals surface area contributed by atoms with Gasteiger partial charge in [0, 0.05) is 28.7 Å². The van der Waals surface area contributed by atoms with Crippen molar-refractivity contribution < 1.29 is 23.9 Å². The number of hydrogen-bond donors (Lipinski definition) is 3. The lowest BCUT2D eigenvalue weighted by atomic mass is 9.76.